The molecule has 51 heavy (non-hydrogen) atoms. The third-order valence-electron chi connectivity index (χ3n) is 8.27. The molecule has 0 radical (unpaired) electrons. The first-order valence-electron chi connectivity index (χ1n) is 17.4. The summed E-state index contributed by atoms with van der Waals surface area (Å²) < 4.78 is 28.6. The lowest BCUT2D eigenvalue weighted by atomic mass is 10.1. The number of rotatable bonds is 19. The Balaban J connectivity index is 0.00000286. The molecule has 0 aliphatic carbocycles. The van der Waals surface area contributed by atoms with E-state index >= 15 is 0 Å². The molecule has 278 valence electrons. The van der Waals surface area contributed by atoms with E-state index in [-0.39, 0.29) is 23.3 Å². The molecule has 0 N–H and O–H groups in total. The first-order chi connectivity index (χ1) is 24.8. The van der Waals surface area contributed by atoms with Crippen LogP contribution >= 0.6 is 33.2 Å². The Morgan fingerprint density at radius 2 is 1.69 bits per heavy atom. The number of nitrogens with zero attached hydrogens (tertiary/aromatic N) is 3. The van der Waals surface area contributed by atoms with Crippen LogP contribution in [0.25, 0.3) is 0 Å². The molecule has 1 atom stereocenters. The summed E-state index contributed by atoms with van der Waals surface area (Å²) >= 11 is 6.42. The fourth-order valence-electron chi connectivity index (χ4n) is 6.09. The van der Waals surface area contributed by atoms with Gasteiger partial charge in [-0.05, 0) is 61.1 Å². The molecule has 12 heteroatoms. The number of carbonyl (C=O) groups is 1. The molecule has 0 aromatic heterocycles. The smallest absolute Gasteiger partial charge is 0.261 e. The average Bonchev–Trinajstić information content (AvgIpc) is 3.46. The molecule has 3 aromatic carbocycles. The SMILES string of the molecule is CC.COCCOCCOCCN(CC(C)(C)SSC)c1cc(CCl)cc(COc2cc3c(cc2OC)C(=O)N2c4ccccc4CC2C=N3)c1. The van der Waals surface area contributed by atoms with Gasteiger partial charge in [0.2, 0.25) is 0 Å². The number of ether oxygens (including phenoxy) is 5. The van der Waals surface area contributed by atoms with Crippen molar-refractivity contribution in [1.29, 1.82) is 0 Å². The molecule has 1 amide bonds. The van der Waals surface area contributed by atoms with E-state index in [1.165, 1.54) is 0 Å². The Morgan fingerprint density at radius 3 is 2.41 bits per heavy atom. The van der Waals surface area contributed by atoms with Gasteiger partial charge in [-0.15, -0.1) is 11.6 Å². The van der Waals surface area contributed by atoms with Gasteiger partial charge in [-0.25, -0.2) is 0 Å². The Hall–Kier alpha value is -2.93. The minimum atomic E-state index is -0.133. The number of aliphatic imine (C=N–C) groups is 1. The van der Waals surface area contributed by atoms with Gasteiger partial charge in [-0.1, -0.05) is 59.7 Å². The minimum absolute atomic E-state index is 0.0133. The first-order valence-corrected chi connectivity index (χ1v) is 20.5. The summed E-state index contributed by atoms with van der Waals surface area (Å²) in [5.74, 6) is 1.26. The van der Waals surface area contributed by atoms with Gasteiger partial charge >= 0.3 is 0 Å². The van der Waals surface area contributed by atoms with Gasteiger partial charge < -0.3 is 28.6 Å². The van der Waals surface area contributed by atoms with Crippen LogP contribution in [-0.2, 0) is 33.1 Å². The van der Waals surface area contributed by atoms with Crippen LogP contribution in [-0.4, -0.2) is 89.5 Å². The minimum Gasteiger partial charge on any atom is -0.493 e. The number of amides is 1. The number of fused-ring (bicyclic) bond motifs is 4. The number of methoxy groups -OCH3 is 2. The van der Waals surface area contributed by atoms with E-state index < -0.39 is 0 Å². The summed E-state index contributed by atoms with van der Waals surface area (Å²) in [6, 6.07) is 17.8. The molecule has 0 saturated heterocycles. The Morgan fingerprint density at radius 1 is 0.961 bits per heavy atom. The molecule has 1 unspecified atom stereocenters. The van der Waals surface area contributed by atoms with Crippen LogP contribution in [0.5, 0.6) is 11.5 Å². The lowest BCUT2D eigenvalue weighted by Crippen LogP contribution is -2.38. The maximum absolute atomic E-state index is 13.8. The number of benzene rings is 3. The molecule has 0 spiro atoms. The standard InChI is InChI=1S/C37H46ClN3O6S2.C2H6/c1-37(2,49-48-5)25-40(10-11-45-14-15-46-13-12-43-3)29-17-26(22-38)16-27(18-29)24-47-35-21-32-31(20-34(35)44-4)36(42)41-30(23-39-32)19-28-8-6-7-9-33(28)41;1-2/h6-9,16-18,20-21,23,30H,10-15,19,22,24-25H2,1-5H3;1-2H3. The molecule has 0 saturated carbocycles. The van der Waals surface area contributed by atoms with E-state index in [1.54, 1.807) is 37.1 Å². The van der Waals surface area contributed by atoms with E-state index in [4.69, 9.17) is 40.3 Å². The summed E-state index contributed by atoms with van der Waals surface area (Å²) in [5.41, 5.74) is 6.13. The highest BCUT2D eigenvalue weighted by atomic mass is 35.5. The van der Waals surface area contributed by atoms with Crippen molar-refractivity contribution in [3.8, 4) is 11.5 Å². The predicted molar refractivity (Wildman–Crippen MR) is 214 cm³/mol. The summed E-state index contributed by atoms with van der Waals surface area (Å²) in [7, 11) is 6.86. The highest BCUT2D eigenvalue weighted by molar-refractivity contribution is 8.77. The molecule has 2 aliphatic heterocycles. The topological polar surface area (TPSA) is 82.1 Å². The lowest BCUT2D eigenvalue weighted by Gasteiger charge is -2.34. The number of hydrogen-bond donors (Lipinski definition) is 0. The molecular weight excluding hydrogens is 706 g/mol. The van der Waals surface area contributed by atoms with Crippen molar-refractivity contribution >= 4 is 62.4 Å². The lowest BCUT2D eigenvalue weighted by molar-refractivity contribution is 0.0264. The number of halogens is 1. The van der Waals surface area contributed by atoms with Gasteiger partial charge in [-0.2, -0.15) is 0 Å². The van der Waals surface area contributed by atoms with Crippen LogP contribution in [0.15, 0.2) is 59.6 Å². The van der Waals surface area contributed by atoms with Crippen molar-refractivity contribution in [3.63, 3.8) is 0 Å². The monoisotopic (exact) mass is 757 g/mol. The predicted octanol–water partition coefficient (Wildman–Crippen LogP) is 8.60. The third kappa shape index (κ3) is 11.0. The second kappa shape index (κ2) is 20.3. The van der Waals surface area contributed by atoms with Gasteiger partial charge in [0.05, 0.1) is 57.4 Å². The van der Waals surface area contributed by atoms with Crippen LogP contribution < -0.4 is 19.3 Å². The zero-order valence-electron chi connectivity index (χ0n) is 30.9. The third-order valence-corrected chi connectivity index (χ3v) is 11.2. The van der Waals surface area contributed by atoms with Crippen LogP contribution in [0, 0.1) is 0 Å². The van der Waals surface area contributed by atoms with E-state index in [1.807, 2.05) is 54.0 Å². The van der Waals surface area contributed by atoms with Gasteiger partial charge in [0.25, 0.3) is 5.91 Å². The summed E-state index contributed by atoms with van der Waals surface area (Å²) in [6.45, 7) is 13.0. The second-order valence-electron chi connectivity index (χ2n) is 12.5. The zero-order chi connectivity index (χ0) is 36.8. The van der Waals surface area contributed by atoms with Crippen LogP contribution in [0.3, 0.4) is 0 Å². The summed E-state index contributed by atoms with van der Waals surface area (Å²) in [6.07, 6.45) is 4.70. The van der Waals surface area contributed by atoms with Crippen molar-refractivity contribution in [2.75, 3.05) is 76.4 Å². The summed E-state index contributed by atoms with van der Waals surface area (Å²) in [5, 5.41) is 0. The molecular formula is C39H52ClN3O6S2. The largest absolute Gasteiger partial charge is 0.493 e. The molecule has 9 nitrogen and oxygen atoms in total. The fraction of sp³-hybridized carbons (Fsp3) is 0.487. The number of anilines is 2. The Kier molecular flexibility index (Phi) is 16.3. The quantitative estimate of drug-likeness (QED) is 0.0679. The van der Waals surface area contributed by atoms with E-state index in [0.717, 1.165) is 41.0 Å². The van der Waals surface area contributed by atoms with Crippen LogP contribution in [0.2, 0.25) is 0 Å². The van der Waals surface area contributed by atoms with Gasteiger partial charge in [0.1, 0.15) is 6.61 Å². The van der Waals surface area contributed by atoms with Gasteiger partial charge in [0, 0.05) is 60.9 Å². The fourth-order valence-corrected chi connectivity index (χ4v) is 8.41. The average molecular weight is 758 g/mol. The van der Waals surface area contributed by atoms with Crippen molar-refractivity contribution in [2.45, 2.75) is 57.4 Å². The van der Waals surface area contributed by atoms with Crippen LogP contribution in [0.4, 0.5) is 17.1 Å². The Labute approximate surface area is 316 Å². The number of para-hydroxylation sites is 1. The molecule has 0 bridgehead atoms. The van der Waals surface area contributed by atoms with Crippen molar-refractivity contribution in [3.05, 3.63) is 76.9 Å². The molecule has 0 fully saturated rings. The maximum atomic E-state index is 13.8. The molecule has 2 aliphatic rings. The van der Waals surface area contributed by atoms with E-state index in [2.05, 4.69) is 49.3 Å². The van der Waals surface area contributed by atoms with Crippen molar-refractivity contribution in [1.82, 2.24) is 0 Å². The second-order valence-corrected chi connectivity index (χ2v) is 15.8. The van der Waals surface area contributed by atoms with Gasteiger partial charge in [-0.3, -0.25) is 14.7 Å². The number of hydrogen-bond acceptors (Lipinski definition) is 10. The maximum Gasteiger partial charge on any atom is 0.261 e. The highest BCUT2D eigenvalue weighted by Crippen LogP contribution is 2.41. The van der Waals surface area contributed by atoms with Crippen molar-refractivity contribution < 1.29 is 28.5 Å². The molecule has 2 heterocycles. The van der Waals surface area contributed by atoms with Gasteiger partial charge in [0.15, 0.2) is 11.5 Å². The van der Waals surface area contributed by atoms with Crippen molar-refractivity contribution in [2.24, 2.45) is 4.99 Å². The molecule has 3 aromatic rings. The van der Waals surface area contributed by atoms with Crippen LogP contribution in [0.1, 0.15) is 54.7 Å². The van der Waals surface area contributed by atoms with E-state index in [9.17, 15) is 4.79 Å². The zero-order valence-corrected chi connectivity index (χ0v) is 33.3. The molecule has 5 rings (SSSR count). The number of carbonyl (C=O) groups excluding carboxylic acids is 1. The summed E-state index contributed by atoms with van der Waals surface area (Å²) in [4.78, 5) is 22.8. The highest BCUT2D eigenvalue weighted by Gasteiger charge is 2.36. The first kappa shape index (κ1) is 40.8. The Bertz CT molecular complexity index is 1610. The normalized spacial score (nSPS) is 14.6. The number of alkyl halides is 1. The van der Waals surface area contributed by atoms with E-state index in [0.29, 0.717) is 68.2 Å².